The second-order valence-corrected chi connectivity index (χ2v) is 9.40. The van der Waals surface area contributed by atoms with Crippen molar-refractivity contribution in [1.29, 1.82) is 0 Å². The Morgan fingerprint density at radius 2 is 1.78 bits per heavy atom. The zero-order valence-corrected chi connectivity index (χ0v) is 18.5. The van der Waals surface area contributed by atoms with Gasteiger partial charge in [0, 0.05) is 18.8 Å². The van der Waals surface area contributed by atoms with E-state index in [1.165, 1.54) is 37.7 Å². The molecule has 1 N–H and O–H groups in total. The largest absolute Gasteiger partial charge is 0.493 e. The first-order valence-electron chi connectivity index (χ1n) is 11.1. The molecule has 1 saturated carbocycles. The first kappa shape index (κ1) is 21.0. The van der Waals surface area contributed by atoms with E-state index in [0.29, 0.717) is 28.4 Å². The highest BCUT2D eigenvalue weighted by Gasteiger charge is 2.46. The number of methoxy groups -OCH3 is 1. The Morgan fingerprint density at radius 1 is 1.06 bits per heavy atom. The predicted molar refractivity (Wildman–Crippen MR) is 120 cm³/mol. The second kappa shape index (κ2) is 7.60. The minimum Gasteiger partial charge on any atom is -0.493 e. The Bertz CT molecular complexity index is 1040. The Labute approximate surface area is 186 Å². The van der Waals surface area contributed by atoms with Crippen molar-refractivity contribution in [3.8, 4) is 5.75 Å². The number of aromatic nitrogens is 1. The van der Waals surface area contributed by atoms with Crippen LogP contribution >= 0.6 is 0 Å². The van der Waals surface area contributed by atoms with E-state index in [4.69, 9.17) is 4.74 Å². The summed E-state index contributed by atoms with van der Waals surface area (Å²) in [6, 6.07) is 9.12. The molecule has 2 aromatic rings. The van der Waals surface area contributed by atoms with Gasteiger partial charge < -0.3 is 19.9 Å². The maximum Gasteiger partial charge on any atom is 0.282 e. The first-order valence-corrected chi connectivity index (χ1v) is 11.1. The van der Waals surface area contributed by atoms with Crippen molar-refractivity contribution in [2.24, 2.45) is 5.41 Å². The van der Waals surface area contributed by atoms with E-state index in [1.54, 1.807) is 12.1 Å². The van der Waals surface area contributed by atoms with Crippen LogP contribution in [0.4, 0.5) is 26.1 Å². The van der Waals surface area contributed by atoms with Crippen LogP contribution in [0, 0.1) is 12.3 Å². The molecule has 1 spiro atoms. The molecule has 3 heterocycles. The van der Waals surface area contributed by atoms with Gasteiger partial charge >= 0.3 is 0 Å². The number of benzene rings is 1. The van der Waals surface area contributed by atoms with Crippen molar-refractivity contribution in [3.63, 3.8) is 0 Å². The number of rotatable bonds is 5. The maximum absolute atomic E-state index is 13.4. The molecule has 0 bridgehead atoms. The number of carbonyl (C=O) groups is 1. The fraction of sp³-hybridized carbons (Fsp3) is 0.500. The van der Waals surface area contributed by atoms with Gasteiger partial charge in [-0.3, -0.25) is 4.79 Å². The molecule has 6 nitrogen and oxygen atoms in total. The number of nitrogens with one attached hydrogen (secondary N) is 1. The fourth-order valence-corrected chi connectivity index (χ4v) is 4.73. The fourth-order valence-electron chi connectivity index (χ4n) is 4.73. The van der Waals surface area contributed by atoms with Crippen LogP contribution in [0.1, 0.15) is 41.6 Å². The first-order chi connectivity index (χ1) is 15.3. The third kappa shape index (κ3) is 3.98. The number of hydrogen-bond donors (Lipinski definition) is 1. The SMILES string of the molecule is COc1ccc(NC(=O)c2ccc(C)cc2N2CCC3(CC2)CC3)nc1N1CC(F)(F)C1. The van der Waals surface area contributed by atoms with Crippen LogP contribution in [0.25, 0.3) is 0 Å². The molecule has 0 radical (unpaired) electrons. The summed E-state index contributed by atoms with van der Waals surface area (Å²) < 4.78 is 32.0. The summed E-state index contributed by atoms with van der Waals surface area (Å²) in [5, 5.41) is 2.85. The van der Waals surface area contributed by atoms with Gasteiger partial charge in [0.25, 0.3) is 11.8 Å². The van der Waals surface area contributed by atoms with E-state index in [0.717, 1.165) is 24.3 Å². The molecule has 0 unspecified atom stereocenters. The number of ether oxygens (including phenoxy) is 1. The lowest BCUT2D eigenvalue weighted by Gasteiger charge is -2.40. The van der Waals surface area contributed by atoms with E-state index in [9.17, 15) is 13.6 Å². The average Bonchev–Trinajstić information content (AvgIpc) is 3.51. The van der Waals surface area contributed by atoms with Gasteiger partial charge in [0.2, 0.25) is 0 Å². The average molecular weight is 443 g/mol. The maximum atomic E-state index is 13.4. The molecule has 1 aromatic carbocycles. The van der Waals surface area contributed by atoms with Gasteiger partial charge in [-0.05, 0) is 67.9 Å². The molecule has 3 fully saturated rings. The topological polar surface area (TPSA) is 57.7 Å². The number of aryl methyl sites for hydroxylation is 1. The standard InChI is InChI=1S/C24H28F2N4O2/c1-16-3-4-17(18(13-16)29-11-9-23(7-8-23)10-12-29)22(31)28-20-6-5-19(32-2)21(27-20)30-14-24(25,26)15-30/h3-6,13H,7-12,14-15H2,1-2H3,(H,27,28,31). The second-order valence-electron chi connectivity index (χ2n) is 9.40. The summed E-state index contributed by atoms with van der Waals surface area (Å²) in [7, 11) is 1.47. The number of anilines is 3. The Hall–Kier alpha value is -2.90. The number of hydrogen-bond acceptors (Lipinski definition) is 5. The summed E-state index contributed by atoms with van der Waals surface area (Å²) in [4.78, 5) is 21.4. The summed E-state index contributed by atoms with van der Waals surface area (Å²) >= 11 is 0. The van der Waals surface area contributed by atoms with Gasteiger partial charge in [0.1, 0.15) is 5.82 Å². The molecule has 8 heteroatoms. The van der Waals surface area contributed by atoms with E-state index >= 15 is 0 Å². The van der Waals surface area contributed by atoms with Crippen molar-refractivity contribution in [1.82, 2.24) is 4.98 Å². The third-order valence-corrected chi connectivity index (χ3v) is 6.96. The zero-order valence-electron chi connectivity index (χ0n) is 18.5. The van der Waals surface area contributed by atoms with Crippen LogP contribution in [0.5, 0.6) is 5.75 Å². The number of piperidine rings is 1. The van der Waals surface area contributed by atoms with Crippen LogP contribution in [-0.4, -0.2) is 50.1 Å². The number of carbonyl (C=O) groups excluding carboxylic acids is 1. The third-order valence-electron chi connectivity index (χ3n) is 6.96. The van der Waals surface area contributed by atoms with Crippen LogP contribution in [-0.2, 0) is 0 Å². The van der Waals surface area contributed by atoms with Gasteiger partial charge in [-0.15, -0.1) is 0 Å². The molecule has 1 aliphatic carbocycles. The summed E-state index contributed by atoms with van der Waals surface area (Å²) in [5.74, 6) is -1.97. The van der Waals surface area contributed by atoms with E-state index in [-0.39, 0.29) is 5.91 Å². The number of amides is 1. The van der Waals surface area contributed by atoms with Crippen LogP contribution < -0.4 is 19.9 Å². The highest BCUT2D eigenvalue weighted by atomic mass is 19.3. The predicted octanol–water partition coefficient (Wildman–Crippen LogP) is 4.49. The molecule has 2 saturated heterocycles. The Kier molecular flexibility index (Phi) is 4.98. The molecule has 3 aliphatic rings. The molecule has 2 aliphatic heterocycles. The zero-order chi connectivity index (χ0) is 22.5. The molecular weight excluding hydrogens is 414 g/mol. The van der Waals surface area contributed by atoms with Gasteiger partial charge in [0.05, 0.1) is 25.8 Å². The van der Waals surface area contributed by atoms with Gasteiger partial charge in [-0.1, -0.05) is 6.07 Å². The van der Waals surface area contributed by atoms with Crippen molar-refractivity contribution < 1.29 is 18.3 Å². The lowest BCUT2D eigenvalue weighted by Crippen LogP contribution is -2.56. The quantitative estimate of drug-likeness (QED) is 0.740. The molecular formula is C24H28F2N4O2. The number of alkyl halides is 2. The summed E-state index contributed by atoms with van der Waals surface area (Å²) in [6.45, 7) is 3.12. The van der Waals surface area contributed by atoms with Crippen LogP contribution in [0.3, 0.4) is 0 Å². The normalized spacial score (nSPS) is 20.6. The molecule has 5 rings (SSSR count). The van der Waals surface area contributed by atoms with Crippen molar-refractivity contribution in [2.75, 3.05) is 48.4 Å². The smallest absolute Gasteiger partial charge is 0.282 e. The van der Waals surface area contributed by atoms with Crippen LogP contribution in [0.2, 0.25) is 0 Å². The van der Waals surface area contributed by atoms with Gasteiger partial charge in [0.15, 0.2) is 11.6 Å². The molecule has 0 atom stereocenters. The number of halogens is 2. The molecule has 1 amide bonds. The molecule has 32 heavy (non-hydrogen) atoms. The van der Waals surface area contributed by atoms with Crippen LogP contribution in [0.15, 0.2) is 30.3 Å². The lowest BCUT2D eigenvalue weighted by atomic mass is 9.92. The number of nitrogens with zero attached hydrogens (tertiary/aromatic N) is 3. The highest BCUT2D eigenvalue weighted by Crippen LogP contribution is 2.54. The van der Waals surface area contributed by atoms with E-state index in [1.807, 2.05) is 19.1 Å². The lowest BCUT2D eigenvalue weighted by molar-refractivity contribution is -0.0268. The molecule has 170 valence electrons. The van der Waals surface area contributed by atoms with Gasteiger partial charge in [-0.25, -0.2) is 13.8 Å². The van der Waals surface area contributed by atoms with Crippen molar-refractivity contribution in [3.05, 3.63) is 41.5 Å². The van der Waals surface area contributed by atoms with Crippen molar-refractivity contribution in [2.45, 2.75) is 38.5 Å². The monoisotopic (exact) mass is 442 g/mol. The van der Waals surface area contributed by atoms with E-state index in [2.05, 4.69) is 21.3 Å². The molecule has 1 aromatic heterocycles. The highest BCUT2D eigenvalue weighted by molar-refractivity contribution is 6.08. The minimum atomic E-state index is -2.73. The summed E-state index contributed by atoms with van der Waals surface area (Å²) in [6.07, 6.45) is 5.00. The van der Waals surface area contributed by atoms with Gasteiger partial charge in [-0.2, -0.15) is 0 Å². The number of pyridine rings is 1. The Morgan fingerprint density at radius 3 is 2.41 bits per heavy atom. The Balaban J connectivity index is 1.36. The summed E-state index contributed by atoms with van der Waals surface area (Å²) in [5.41, 5.74) is 3.19. The van der Waals surface area contributed by atoms with Crippen molar-refractivity contribution >= 4 is 23.2 Å². The van der Waals surface area contributed by atoms with E-state index < -0.39 is 19.0 Å². The minimum absolute atomic E-state index is 0.260.